The van der Waals surface area contributed by atoms with Crippen molar-refractivity contribution in [1.29, 1.82) is 0 Å². The SMILES string of the molecule is NNCN1CCCC(F)(F)C1. The Hall–Kier alpha value is -0.260. The number of halogens is 2. The Morgan fingerprint density at radius 2 is 2.27 bits per heavy atom. The molecule has 1 rings (SSSR count). The van der Waals surface area contributed by atoms with Crippen LogP contribution in [-0.4, -0.2) is 30.6 Å². The maximum Gasteiger partial charge on any atom is 0.260 e. The van der Waals surface area contributed by atoms with E-state index < -0.39 is 5.92 Å². The molecule has 0 aromatic heterocycles. The summed E-state index contributed by atoms with van der Waals surface area (Å²) in [6.45, 7) is 0.882. The van der Waals surface area contributed by atoms with Crippen molar-refractivity contribution in [3.8, 4) is 0 Å². The summed E-state index contributed by atoms with van der Waals surface area (Å²) in [5.74, 6) is 2.49. The molecule has 0 aliphatic carbocycles. The van der Waals surface area contributed by atoms with Gasteiger partial charge in [0.2, 0.25) is 0 Å². The van der Waals surface area contributed by atoms with Gasteiger partial charge < -0.3 is 0 Å². The molecule has 1 aliphatic heterocycles. The number of hydrogen-bond acceptors (Lipinski definition) is 3. The van der Waals surface area contributed by atoms with Gasteiger partial charge in [0.15, 0.2) is 0 Å². The van der Waals surface area contributed by atoms with Crippen molar-refractivity contribution < 1.29 is 8.78 Å². The van der Waals surface area contributed by atoms with Gasteiger partial charge in [-0.15, -0.1) is 0 Å². The summed E-state index contributed by atoms with van der Waals surface area (Å²) in [5.41, 5.74) is 2.37. The van der Waals surface area contributed by atoms with Crippen molar-refractivity contribution in [3.05, 3.63) is 0 Å². The first-order valence-electron chi connectivity index (χ1n) is 3.68. The summed E-state index contributed by atoms with van der Waals surface area (Å²) in [6.07, 6.45) is 0.558. The van der Waals surface area contributed by atoms with Crippen LogP contribution < -0.4 is 11.3 Å². The molecule has 0 atom stereocenters. The average molecular weight is 165 g/mol. The quantitative estimate of drug-likeness (QED) is 0.451. The molecule has 5 heteroatoms. The summed E-state index contributed by atoms with van der Waals surface area (Å²) >= 11 is 0. The van der Waals surface area contributed by atoms with Crippen LogP contribution in [-0.2, 0) is 0 Å². The summed E-state index contributed by atoms with van der Waals surface area (Å²) < 4.78 is 25.3. The van der Waals surface area contributed by atoms with E-state index in [0.29, 0.717) is 19.6 Å². The highest BCUT2D eigenvalue weighted by Gasteiger charge is 2.34. The summed E-state index contributed by atoms with van der Waals surface area (Å²) in [4.78, 5) is 1.61. The van der Waals surface area contributed by atoms with E-state index in [1.54, 1.807) is 4.90 Å². The molecule has 1 heterocycles. The summed E-state index contributed by atoms with van der Waals surface area (Å²) in [5, 5.41) is 0. The molecule has 3 N–H and O–H groups in total. The second-order valence-corrected chi connectivity index (χ2v) is 2.87. The van der Waals surface area contributed by atoms with E-state index in [2.05, 4.69) is 5.43 Å². The van der Waals surface area contributed by atoms with E-state index in [1.165, 1.54) is 0 Å². The van der Waals surface area contributed by atoms with Gasteiger partial charge in [-0.2, -0.15) is 0 Å². The van der Waals surface area contributed by atoms with Gasteiger partial charge in [-0.05, 0) is 13.0 Å². The molecule has 0 saturated carbocycles. The summed E-state index contributed by atoms with van der Waals surface area (Å²) in [7, 11) is 0. The zero-order valence-electron chi connectivity index (χ0n) is 6.32. The van der Waals surface area contributed by atoms with Crippen molar-refractivity contribution in [1.82, 2.24) is 10.3 Å². The number of hydrazine groups is 1. The van der Waals surface area contributed by atoms with Crippen LogP contribution in [0.4, 0.5) is 8.78 Å². The lowest BCUT2D eigenvalue weighted by Crippen LogP contribution is -2.47. The second-order valence-electron chi connectivity index (χ2n) is 2.87. The van der Waals surface area contributed by atoms with Crippen molar-refractivity contribution >= 4 is 0 Å². The van der Waals surface area contributed by atoms with E-state index in [9.17, 15) is 8.78 Å². The minimum Gasteiger partial charge on any atom is -0.284 e. The van der Waals surface area contributed by atoms with Crippen LogP contribution in [0.5, 0.6) is 0 Å². The first kappa shape index (κ1) is 8.83. The first-order valence-corrected chi connectivity index (χ1v) is 3.68. The molecule has 0 aromatic carbocycles. The van der Waals surface area contributed by atoms with E-state index in [4.69, 9.17) is 5.84 Å². The van der Waals surface area contributed by atoms with Gasteiger partial charge in [-0.1, -0.05) is 0 Å². The molecular weight excluding hydrogens is 152 g/mol. The molecule has 0 radical (unpaired) electrons. The Labute approximate surface area is 64.5 Å². The molecule has 11 heavy (non-hydrogen) atoms. The van der Waals surface area contributed by atoms with Gasteiger partial charge in [-0.25, -0.2) is 14.2 Å². The summed E-state index contributed by atoms with van der Waals surface area (Å²) in [6, 6.07) is 0. The number of alkyl halides is 2. The Morgan fingerprint density at radius 3 is 2.82 bits per heavy atom. The number of rotatable bonds is 2. The molecular formula is C6H13F2N3. The van der Waals surface area contributed by atoms with Crippen LogP contribution in [0.15, 0.2) is 0 Å². The minimum absolute atomic E-state index is 0.00801. The van der Waals surface area contributed by atoms with Crippen LogP contribution in [0.25, 0.3) is 0 Å². The van der Waals surface area contributed by atoms with Crippen LogP contribution in [0, 0.1) is 0 Å². The maximum atomic E-state index is 12.7. The molecule has 1 aliphatic rings. The third-order valence-electron chi connectivity index (χ3n) is 1.79. The van der Waals surface area contributed by atoms with Crippen molar-refractivity contribution in [2.45, 2.75) is 18.8 Å². The van der Waals surface area contributed by atoms with Gasteiger partial charge in [0.25, 0.3) is 5.92 Å². The number of hydrogen-bond donors (Lipinski definition) is 2. The predicted molar refractivity (Wildman–Crippen MR) is 37.9 cm³/mol. The Bertz CT molecular complexity index is 127. The van der Waals surface area contributed by atoms with Gasteiger partial charge in [-0.3, -0.25) is 10.7 Å². The third kappa shape index (κ3) is 2.69. The van der Waals surface area contributed by atoms with Crippen LogP contribution in [0.2, 0.25) is 0 Å². The molecule has 3 nitrogen and oxygen atoms in total. The Balaban J connectivity index is 2.34. The monoisotopic (exact) mass is 165 g/mol. The van der Waals surface area contributed by atoms with Crippen LogP contribution >= 0.6 is 0 Å². The lowest BCUT2D eigenvalue weighted by Gasteiger charge is -2.31. The average Bonchev–Trinajstić information content (AvgIpc) is 1.85. The number of piperidine rings is 1. The molecule has 0 amide bonds. The number of nitrogens with zero attached hydrogens (tertiary/aromatic N) is 1. The molecule has 66 valence electrons. The molecule has 0 bridgehead atoms. The van der Waals surface area contributed by atoms with Gasteiger partial charge in [0.1, 0.15) is 0 Å². The van der Waals surface area contributed by atoms with E-state index in [-0.39, 0.29) is 13.0 Å². The fourth-order valence-electron chi connectivity index (χ4n) is 1.31. The van der Waals surface area contributed by atoms with Gasteiger partial charge in [0.05, 0.1) is 13.2 Å². The fourth-order valence-corrected chi connectivity index (χ4v) is 1.31. The van der Waals surface area contributed by atoms with Crippen LogP contribution in [0.3, 0.4) is 0 Å². The van der Waals surface area contributed by atoms with Crippen molar-refractivity contribution in [3.63, 3.8) is 0 Å². The lowest BCUT2D eigenvalue weighted by atomic mass is 10.1. The molecule has 1 saturated heterocycles. The number of nitrogens with one attached hydrogen (secondary N) is 1. The molecule has 0 spiro atoms. The highest BCUT2D eigenvalue weighted by Crippen LogP contribution is 2.25. The first-order chi connectivity index (χ1) is 5.14. The topological polar surface area (TPSA) is 41.3 Å². The standard InChI is InChI=1S/C6H13F2N3/c7-6(8)2-1-3-11(4-6)5-10-9/h10H,1-5,9H2. The van der Waals surface area contributed by atoms with Gasteiger partial charge >= 0.3 is 0 Å². The van der Waals surface area contributed by atoms with Gasteiger partial charge in [0, 0.05) is 6.42 Å². The normalized spacial score (nSPS) is 25.4. The minimum atomic E-state index is -2.52. The van der Waals surface area contributed by atoms with Crippen molar-refractivity contribution in [2.24, 2.45) is 5.84 Å². The van der Waals surface area contributed by atoms with E-state index in [1.807, 2.05) is 0 Å². The molecule has 1 fully saturated rings. The smallest absolute Gasteiger partial charge is 0.260 e. The second kappa shape index (κ2) is 3.42. The highest BCUT2D eigenvalue weighted by molar-refractivity contribution is 4.77. The van der Waals surface area contributed by atoms with Crippen LogP contribution in [0.1, 0.15) is 12.8 Å². The van der Waals surface area contributed by atoms with E-state index >= 15 is 0 Å². The lowest BCUT2D eigenvalue weighted by molar-refractivity contribution is -0.0655. The van der Waals surface area contributed by atoms with E-state index in [0.717, 1.165) is 0 Å². The fraction of sp³-hybridized carbons (Fsp3) is 1.00. The van der Waals surface area contributed by atoms with Crippen molar-refractivity contribution in [2.75, 3.05) is 19.8 Å². The zero-order chi connectivity index (χ0) is 8.32. The highest BCUT2D eigenvalue weighted by atomic mass is 19.3. The molecule has 0 aromatic rings. The predicted octanol–water partition coefficient (Wildman–Crippen LogP) is 0.138. The number of likely N-dealkylation sites (tertiary alicyclic amines) is 1. The number of nitrogens with two attached hydrogens (primary N) is 1. The Kier molecular flexibility index (Phi) is 2.75. The maximum absolute atomic E-state index is 12.7. The Morgan fingerprint density at radius 1 is 1.55 bits per heavy atom. The largest absolute Gasteiger partial charge is 0.284 e. The third-order valence-corrected chi connectivity index (χ3v) is 1.79. The molecule has 0 unspecified atom stereocenters. The zero-order valence-corrected chi connectivity index (χ0v) is 6.32.